The monoisotopic (exact) mass is 182 g/mol. The van der Waals surface area contributed by atoms with Gasteiger partial charge in [-0.1, -0.05) is 31.5 Å². The summed E-state index contributed by atoms with van der Waals surface area (Å²) >= 11 is 0. The number of benzene rings is 1. The van der Waals surface area contributed by atoms with Gasteiger partial charge in [0.15, 0.2) is 0 Å². The SMILES string of the molecule is CCCC(C)(O)c1ccccc1F. The van der Waals surface area contributed by atoms with Crippen molar-refractivity contribution >= 4 is 0 Å². The van der Waals surface area contributed by atoms with Crippen LogP contribution in [0.1, 0.15) is 32.3 Å². The van der Waals surface area contributed by atoms with Crippen LogP contribution in [0.2, 0.25) is 0 Å². The molecule has 0 bridgehead atoms. The van der Waals surface area contributed by atoms with Gasteiger partial charge in [-0.25, -0.2) is 4.39 Å². The minimum Gasteiger partial charge on any atom is -0.385 e. The second kappa shape index (κ2) is 3.88. The molecule has 0 fully saturated rings. The summed E-state index contributed by atoms with van der Waals surface area (Å²) in [6.07, 6.45) is 1.41. The average molecular weight is 182 g/mol. The molecule has 1 N–H and O–H groups in total. The third-order valence-electron chi connectivity index (χ3n) is 2.19. The summed E-state index contributed by atoms with van der Waals surface area (Å²) in [6, 6.07) is 6.37. The van der Waals surface area contributed by atoms with Crippen molar-refractivity contribution in [2.24, 2.45) is 0 Å². The molecule has 1 aromatic carbocycles. The van der Waals surface area contributed by atoms with Crippen molar-refractivity contribution in [3.63, 3.8) is 0 Å². The van der Waals surface area contributed by atoms with E-state index in [0.717, 1.165) is 6.42 Å². The summed E-state index contributed by atoms with van der Waals surface area (Å²) < 4.78 is 13.2. The molecule has 13 heavy (non-hydrogen) atoms. The second-order valence-corrected chi connectivity index (χ2v) is 3.50. The molecule has 0 aliphatic heterocycles. The highest BCUT2D eigenvalue weighted by atomic mass is 19.1. The van der Waals surface area contributed by atoms with Gasteiger partial charge >= 0.3 is 0 Å². The van der Waals surface area contributed by atoms with Crippen molar-refractivity contribution in [2.45, 2.75) is 32.3 Å². The number of rotatable bonds is 3. The molecule has 0 amide bonds. The third kappa shape index (κ3) is 2.28. The van der Waals surface area contributed by atoms with E-state index in [9.17, 15) is 9.50 Å². The Balaban J connectivity index is 2.99. The van der Waals surface area contributed by atoms with Crippen LogP contribution in [0, 0.1) is 5.82 Å². The maximum Gasteiger partial charge on any atom is 0.129 e. The van der Waals surface area contributed by atoms with Crippen molar-refractivity contribution in [3.05, 3.63) is 35.6 Å². The van der Waals surface area contributed by atoms with Crippen LogP contribution >= 0.6 is 0 Å². The van der Waals surface area contributed by atoms with Crippen LogP contribution in [0.25, 0.3) is 0 Å². The Labute approximate surface area is 78.2 Å². The summed E-state index contributed by atoms with van der Waals surface area (Å²) in [5.41, 5.74) is -0.656. The predicted octanol–water partition coefficient (Wildman–Crippen LogP) is 2.83. The first kappa shape index (κ1) is 10.2. The molecule has 0 aromatic heterocycles. The molecule has 1 unspecified atom stereocenters. The second-order valence-electron chi connectivity index (χ2n) is 3.50. The normalized spacial score (nSPS) is 15.4. The molecule has 1 aromatic rings. The Morgan fingerprint density at radius 3 is 2.54 bits per heavy atom. The maximum atomic E-state index is 13.2. The van der Waals surface area contributed by atoms with Crippen LogP contribution < -0.4 is 0 Å². The Bertz CT molecular complexity index is 281. The molecule has 1 rings (SSSR count). The standard InChI is InChI=1S/C11H15FO/c1-3-8-11(2,13)9-6-4-5-7-10(9)12/h4-7,13H,3,8H2,1-2H3. The quantitative estimate of drug-likeness (QED) is 0.762. The molecular formula is C11H15FO. The highest BCUT2D eigenvalue weighted by Crippen LogP contribution is 2.27. The molecular weight excluding hydrogens is 167 g/mol. The first-order chi connectivity index (χ1) is 6.08. The minimum atomic E-state index is -1.04. The van der Waals surface area contributed by atoms with Gasteiger partial charge in [0.05, 0.1) is 5.60 Å². The lowest BCUT2D eigenvalue weighted by molar-refractivity contribution is 0.0433. The van der Waals surface area contributed by atoms with Crippen LogP contribution in [0.4, 0.5) is 4.39 Å². The van der Waals surface area contributed by atoms with E-state index in [0.29, 0.717) is 12.0 Å². The van der Waals surface area contributed by atoms with E-state index in [2.05, 4.69) is 0 Å². The van der Waals surface area contributed by atoms with Gasteiger partial charge in [0.2, 0.25) is 0 Å². The van der Waals surface area contributed by atoms with E-state index in [-0.39, 0.29) is 5.82 Å². The van der Waals surface area contributed by atoms with Gasteiger partial charge in [0.1, 0.15) is 5.82 Å². The number of hydrogen-bond donors (Lipinski definition) is 1. The van der Waals surface area contributed by atoms with Crippen molar-refractivity contribution in [1.82, 2.24) is 0 Å². The van der Waals surface area contributed by atoms with Crippen molar-refractivity contribution in [2.75, 3.05) is 0 Å². The van der Waals surface area contributed by atoms with Gasteiger partial charge in [0, 0.05) is 5.56 Å². The zero-order valence-corrected chi connectivity index (χ0v) is 8.05. The van der Waals surface area contributed by atoms with Crippen molar-refractivity contribution in [3.8, 4) is 0 Å². The molecule has 0 radical (unpaired) electrons. The van der Waals surface area contributed by atoms with Gasteiger partial charge in [-0.3, -0.25) is 0 Å². The molecule has 0 heterocycles. The first-order valence-corrected chi connectivity index (χ1v) is 4.55. The third-order valence-corrected chi connectivity index (χ3v) is 2.19. The molecule has 1 atom stereocenters. The number of hydrogen-bond acceptors (Lipinski definition) is 1. The van der Waals surface area contributed by atoms with Gasteiger partial charge in [0.25, 0.3) is 0 Å². The average Bonchev–Trinajstić information content (AvgIpc) is 2.04. The Kier molecular flexibility index (Phi) is 3.04. The lowest BCUT2D eigenvalue weighted by atomic mass is 9.91. The molecule has 0 saturated carbocycles. The molecule has 0 aliphatic carbocycles. The molecule has 72 valence electrons. The Morgan fingerprint density at radius 2 is 2.00 bits per heavy atom. The largest absolute Gasteiger partial charge is 0.385 e. The van der Waals surface area contributed by atoms with E-state index < -0.39 is 5.60 Å². The Morgan fingerprint density at radius 1 is 1.38 bits per heavy atom. The van der Waals surface area contributed by atoms with E-state index >= 15 is 0 Å². The van der Waals surface area contributed by atoms with Gasteiger partial charge in [-0.05, 0) is 19.4 Å². The first-order valence-electron chi connectivity index (χ1n) is 4.55. The molecule has 1 nitrogen and oxygen atoms in total. The van der Waals surface area contributed by atoms with Crippen molar-refractivity contribution in [1.29, 1.82) is 0 Å². The number of halogens is 1. The summed E-state index contributed by atoms with van der Waals surface area (Å²) in [6.45, 7) is 3.62. The summed E-state index contributed by atoms with van der Waals surface area (Å²) in [7, 11) is 0. The van der Waals surface area contributed by atoms with Crippen molar-refractivity contribution < 1.29 is 9.50 Å². The van der Waals surface area contributed by atoms with E-state index in [1.165, 1.54) is 6.07 Å². The predicted molar refractivity (Wildman–Crippen MR) is 50.9 cm³/mol. The Hall–Kier alpha value is -0.890. The van der Waals surface area contributed by atoms with E-state index in [1.54, 1.807) is 25.1 Å². The zero-order chi connectivity index (χ0) is 9.90. The van der Waals surface area contributed by atoms with Crippen LogP contribution in [0.5, 0.6) is 0 Å². The van der Waals surface area contributed by atoms with E-state index in [1.807, 2.05) is 6.92 Å². The molecule has 0 saturated heterocycles. The fourth-order valence-corrected chi connectivity index (χ4v) is 1.52. The van der Waals surface area contributed by atoms with Crippen LogP contribution in [0.3, 0.4) is 0 Å². The lowest BCUT2D eigenvalue weighted by Crippen LogP contribution is -2.22. The molecule has 0 aliphatic rings. The summed E-state index contributed by atoms with van der Waals surface area (Å²) in [5, 5.41) is 9.93. The summed E-state index contributed by atoms with van der Waals surface area (Å²) in [4.78, 5) is 0. The van der Waals surface area contributed by atoms with Crippen LogP contribution in [-0.2, 0) is 5.60 Å². The molecule has 0 spiro atoms. The van der Waals surface area contributed by atoms with Gasteiger partial charge in [-0.15, -0.1) is 0 Å². The smallest absolute Gasteiger partial charge is 0.129 e. The highest BCUT2D eigenvalue weighted by molar-refractivity contribution is 5.23. The van der Waals surface area contributed by atoms with Crippen LogP contribution in [0.15, 0.2) is 24.3 Å². The van der Waals surface area contributed by atoms with Crippen LogP contribution in [-0.4, -0.2) is 5.11 Å². The number of aliphatic hydroxyl groups is 1. The fraction of sp³-hybridized carbons (Fsp3) is 0.455. The highest BCUT2D eigenvalue weighted by Gasteiger charge is 2.24. The maximum absolute atomic E-state index is 13.2. The molecule has 2 heteroatoms. The minimum absolute atomic E-state index is 0.332. The zero-order valence-electron chi connectivity index (χ0n) is 8.05. The summed E-state index contributed by atoms with van der Waals surface area (Å²) in [5.74, 6) is -0.332. The van der Waals surface area contributed by atoms with Gasteiger partial charge in [-0.2, -0.15) is 0 Å². The van der Waals surface area contributed by atoms with Gasteiger partial charge < -0.3 is 5.11 Å². The topological polar surface area (TPSA) is 20.2 Å². The fourth-order valence-electron chi connectivity index (χ4n) is 1.52. The van der Waals surface area contributed by atoms with E-state index in [4.69, 9.17) is 0 Å². The lowest BCUT2D eigenvalue weighted by Gasteiger charge is -2.23.